The molecule has 0 aliphatic carbocycles. The summed E-state index contributed by atoms with van der Waals surface area (Å²) in [4.78, 5) is 20.8. The summed E-state index contributed by atoms with van der Waals surface area (Å²) in [5, 5.41) is 14.2. The summed E-state index contributed by atoms with van der Waals surface area (Å²) in [5.41, 5.74) is -0.0871. The summed E-state index contributed by atoms with van der Waals surface area (Å²) in [6.07, 6.45) is 2.20. The van der Waals surface area contributed by atoms with Crippen molar-refractivity contribution >= 4 is 17.3 Å². The Morgan fingerprint density at radius 1 is 1.60 bits per heavy atom. The highest BCUT2D eigenvalue weighted by atomic mass is 16.6. The molecule has 0 aromatic carbocycles. The van der Waals surface area contributed by atoms with Crippen LogP contribution in [0.5, 0.6) is 0 Å². The van der Waals surface area contributed by atoms with Crippen LogP contribution in [0.3, 0.4) is 0 Å². The Morgan fingerprint density at radius 2 is 2.35 bits per heavy atom. The third-order valence-electron chi connectivity index (χ3n) is 3.50. The van der Waals surface area contributed by atoms with Gasteiger partial charge in [0.1, 0.15) is 6.33 Å². The van der Waals surface area contributed by atoms with Gasteiger partial charge in [-0.1, -0.05) is 0 Å². The van der Waals surface area contributed by atoms with Crippen molar-refractivity contribution in [1.29, 1.82) is 0 Å². The molecular formula is C12H19N5O3. The Hall–Kier alpha value is -1.96. The van der Waals surface area contributed by atoms with Gasteiger partial charge >= 0.3 is 5.69 Å². The summed E-state index contributed by atoms with van der Waals surface area (Å²) in [7, 11) is 1.81. The van der Waals surface area contributed by atoms with Gasteiger partial charge in [0.05, 0.1) is 17.1 Å². The summed E-state index contributed by atoms with van der Waals surface area (Å²) < 4.78 is 5.52. The molecule has 2 heterocycles. The van der Waals surface area contributed by atoms with Gasteiger partial charge in [-0.05, 0) is 20.3 Å². The number of hydrogen-bond acceptors (Lipinski definition) is 7. The molecule has 2 unspecified atom stereocenters. The van der Waals surface area contributed by atoms with E-state index in [2.05, 4.69) is 15.3 Å². The SMILES string of the molecule is CCNc1ncnc(N(C)C2CCOC2C)c1[N+](=O)[O-]. The van der Waals surface area contributed by atoms with Crippen LogP contribution in [-0.2, 0) is 4.74 Å². The molecule has 1 saturated heterocycles. The number of anilines is 2. The average molecular weight is 281 g/mol. The smallest absolute Gasteiger partial charge is 0.353 e. The first-order valence-electron chi connectivity index (χ1n) is 6.64. The highest BCUT2D eigenvalue weighted by Crippen LogP contribution is 2.34. The van der Waals surface area contributed by atoms with Crippen LogP contribution in [0.2, 0.25) is 0 Å². The zero-order chi connectivity index (χ0) is 14.7. The van der Waals surface area contributed by atoms with Crippen LogP contribution in [0, 0.1) is 10.1 Å². The molecule has 1 aliphatic rings. The topological polar surface area (TPSA) is 93.4 Å². The van der Waals surface area contributed by atoms with E-state index in [1.165, 1.54) is 6.33 Å². The van der Waals surface area contributed by atoms with Gasteiger partial charge in [0.25, 0.3) is 0 Å². The normalized spacial score (nSPS) is 21.8. The number of likely N-dealkylation sites (N-methyl/N-ethyl adjacent to an activating group) is 1. The maximum absolute atomic E-state index is 11.3. The van der Waals surface area contributed by atoms with Crippen molar-refractivity contribution in [3.05, 3.63) is 16.4 Å². The molecule has 8 nitrogen and oxygen atoms in total. The molecule has 1 N–H and O–H groups in total. The summed E-state index contributed by atoms with van der Waals surface area (Å²) in [5.74, 6) is 0.573. The maximum atomic E-state index is 11.3. The van der Waals surface area contributed by atoms with Crippen molar-refractivity contribution in [3.8, 4) is 0 Å². The van der Waals surface area contributed by atoms with Gasteiger partial charge in [0, 0.05) is 20.2 Å². The van der Waals surface area contributed by atoms with E-state index >= 15 is 0 Å². The second-order valence-electron chi connectivity index (χ2n) is 4.72. The molecular weight excluding hydrogens is 262 g/mol. The molecule has 0 amide bonds. The lowest BCUT2D eigenvalue weighted by Gasteiger charge is -2.27. The van der Waals surface area contributed by atoms with Crippen LogP contribution in [0.25, 0.3) is 0 Å². The zero-order valence-corrected chi connectivity index (χ0v) is 11.9. The van der Waals surface area contributed by atoms with Crippen molar-refractivity contribution in [2.75, 3.05) is 30.4 Å². The second kappa shape index (κ2) is 6.00. The minimum Gasteiger partial charge on any atom is -0.376 e. The molecule has 8 heteroatoms. The Morgan fingerprint density at radius 3 is 2.90 bits per heavy atom. The minimum absolute atomic E-state index is 0.0251. The predicted octanol–water partition coefficient (Wildman–Crippen LogP) is 1.43. The van der Waals surface area contributed by atoms with E-state index in [4.69, 9.17) is 4.74 Å². The van der Waals surface area contributed by atoms with E-state index in [1.54, 1.807) is 7.05 Å². The second-order valence-corrected chi connectivity index (χ2v) is 4.72. The summed E-state index contributed by atoms with van der Waals surface area (Å²) in [6, 6.07) is 0.0816. The molecule has 0 bridgehead atoms. The molecule has 110 valence electrons. The van der Waals surface area contributed by atoms with Crippen LogP contribution < -0.4 is 10.2 Å². The lowest BCUT2D eigenvalue weighted by atomic mass is 10.1. The van der Waals surface area contributed by atoms with Gasteiger partial charge in [-0.2, -0.15) is 0 Å². The third kappa shape index (κ3) is 2.64. The fourth-order valence-electron chi connectivity index (χ4n) is 2.48. The molecule has 1 aromatic heterocycles. The van der Waals surface area contributed by atoms with Gasteiger partial charge < -0.3 is 15.0 Å². The quantitative estimate of drug-likeness (QED) is 0.644. The largest absolute Gasteiger partial charge is 0.376 e. The minimum atomic E-state index is -0.440. The molecule has 2 atom stereocenters. The first-order chi connectivity index (χ1) is 9.56. The highest BCUT2D eigenvalue weighted by Gasteiger charge is 2.33. The van der Waals surface area contributed by atoms with Crippen LogP contribution in [0.15, 0.2) is 6.33 Å². The number of nitrogens with zero attached hydrogens (tertiary/aromatic N) is 4. The number of aromatic nitrogens is 2. The van der Waals surface area contributed by atoms with Crippen molar-refractivity contribution in [2.45, 2.75) is 32.4 Å². The summed E-state index contributed by atoms with van der Waals surface area (Å²) >= 11 is 0. The predicted molar refractivity (Wildman–Crippen MR) is 75.1 cm³/mol. The molecule has 2 rings (SSSR count). The lowest BCUT2D eigenvalue weighted by Crippen LogP contribution is -2.37. The molecule has 1 aliphatic heterocycles. The third-order valence-corrected chi connectivity index (χ3v) is 3.50. The number of hydrogen-bond donors (Lipinski definition) is 1. The summed E-state index contributed by atoms with van der Waals surface area (Å²) in [6.45, 7) is 5.05. The number of ether oxygens (including phenoxy) is 1. The van der Waals surface area contributed by atoms with E-state index < -0.39 is 4.92 Å². The van der Waals surface area contributed by atoms with E-state index in [-0.39, 0.29) is 23.7 Å². The van der Waals surface area contributed by atoms with Crippen LogP contribution in [0.4, 0.5) is 17.3 Å². The lowest BCUT2D eigenvalue weighted by molar-refractivity contribution is -0.383. The van der Waals surface area contributed by atoms with Gasteiger partial charge in [-0.15, -0.1) is 0 Å². The van der Waals surface area contributed by atoms with Crippen LogP contribution in [0.1, 0.15) is 20.3 Å². The average Bonchev–Trinajstić information content (AvgIpc) is 2.84. The fourth-order valence-corrected chi connectivity index (χ4v) is 2.48. The van der Waals surface area contributed by atoms with Gasteiger partial charge in [0.2, 0.25) is 11.6 Å². The number of nitro groups is 1. The van der Waals surface area contributed by atoms with Crippen molar-refractivity contribution in [3.63, 3.8) is 0 Å². The van der Waals surface area contributed by atoms with Crippen LogP contribution in [-0.4, -0.2) is 47.2 Å². The fraction of sp³-hybridized carbons (Fsp3) is 0.667. The molecule has 0 radical (unpaired) electrons. The van der Waals surface area contributed by atoms with Crippen molar-refractivity contribution in [1.82, 2.24) is 9.97 Å². The Kier molecular flexibility index (Phi) is 4.33. The van der Waals surface area contributed by atoms with E-state index in [1.807, 2.05) is 18.7 Å². The Bertz CT molecular complexity index is 496. The number of rotatable bonds is 5. The van der Waals surface area contributed by atoms with Gasteiger partial charge in [-0.3, -0.25) is 10.1 Å². The maximum Gasteiger partial charge on any atom is 0.353 e. The molecule has 0 spiro atoms. The molecule has 20 heavy (non-hydrogen) atoms. The number of nitrogens with one attached hydrogen (secondary N) is 1. The standard InChI is InChI=1S/C12H19N5O3/c1-4-13-11-10(17(18)19)12(15-7-14-11)16(3)9-5-6-20-8(9)2/h7-9H,4-6H2,1-3H3,(H,13,14,15). The Labute approximate surface area is 117 Å². The van der Waals surface area contributed by atoms with Gasteiger partial charge in [-0.25, -0.2) is 9.97 Å². The molecule has 1 fully saturated rings. The zero-order valence-electron chi connectivity index (χ0n) is 11.9. The first-order valence-corrected chi connectivity index (χ1v) is 6.64. The highest BCUT2D eigenvalue weighted by molar-refractivity contribution is 5.70. The van der Waals surface area contributed by atoms with Gasteiger partial charge in [0.15, 0.2) is 0 Å². The Balaban J connectivity index is 2.39. The van der Waals surface area contributed by atoms with Crippen LogP contribution >= 0.6 is 0 Å². The van der Waals surface area contributed by atoms with E-state index in [0.717, 1.165) is 6.42 Å². The van der Waals surface area contributed by atoms with Crippen molar-refractivity contribution in [2.24, 2.45) is 0 Å². The van der Waals surface area contributed by atoms with Crippen molar-refractivity contribution < 1.29 is 9.66 Å². The first kappa shape index (κ1) is 14.4. The monoisotopic (exact) mass is 281 g/mol. The van der Waals surface area contributed by atoms with E-state index in [0.29, 0.717) is 19.0 Å². The van der Waals surface area contributed by atoms with E-state index in [9.17, 15) is 10.1 Å². The molecule has 0 saturated carbocycles. The molecule has 1 aromatic rings.